The Hall–Kier alpha value is -1.92. The maximum absolute atomic E-state index is 13.3. The van der Waals surface area contributed by atoms with Crippen LogP contribution in [0.1, 0.15) is 38.5 Å². The average molecular weight is 343 g/mol. The van der Waals surface area contributed by atoms with Crippen molar-refractivity contribution in [3.8, 4) is 0 Å². The molecule has 0 radical (unpaired) electrons. The Morgan fingerprint density at radius 2 is 1.88 bits per heavy atom. The summed E-state index contributed by atoms with van der Waals surface area (Å²) in [6.07, 6.45) is 4.53. The SMILES string of the molecule is O=C(CN1CCC(O)CC1)N1c2ccccc2NC(=O)C12CCCC2. The molecule has 3 aliphatic rings. The van der Waals surface area contributed by atoms with Crippen LogP contribution in [-0.2, 0) is 9.59 Å². The van der Waals surface area contributed by atoms with E-state index >= 15 is 0 Å². The Bertz CT molecular complexity index is 676. The first kappa shape index (κ1) is 16.5. The van der Waals surface area contributed by atoms with Crippen LogP contribution in [0, 0.1) is 0 Å². The molecule has 1 saturated heterocycles. The zero-order valence-electron chi connectivity index (χ0n) is 14.4. The molecule has 6 nitrogen and oxygen atoms in total. The molecule has 134 valence electrons. The van der Waals surface area contributed by atoms with Crippen LogP contribution >= 0.6 is 0 Å². The molecule has 0 atom stereocenters. The summed E-state index contributed by atoms with van der Waals surface area (Å²) in [6.45, 7) is 1.75. The maximum atomic E-state index is 13.3. The van der Waals surface area contributed by atoms with Gasteiger partial charge in [-0.25, -0.2) is 0 Å². The van der Waals surface area contributed by atoms with Crippen LogP contribution < -0.4 is 10.2 Å². The van der Waals surface area contributed by atoms with E-state index in [9.17, 15) is 14.7 Å². The van der Waals surface area contributed by atoms with E-state index in [2.05, 4.69) is 10.2 Å². The Kier molecular flexibility index (Phi) is 4.25. The van der Waals surface area contributed by atoms with E-state index in [1.807, 2.05) is 24.3 Å². The van der Waals surface area contributed by atoms with Gasteiger partial charge in [0, 0.05) is 13.1 Å². The van der Waals surface area contributed by atoms with Crippen molar-refractivity contribution in [3.63, 3.8) is 0 Å². The van der Waals surface area contributed by atoms with Gasteiger partial charge >= 0.3 is 0 Å². The van der Waals surface area contributed by atoms with E-state index in [0.29, 0.717) is 25.1 Å². The molecule has 1 aromatic rings. The van der Waals surface area contributed by atoms with E-state index in [4.69, 9.17) is 0 Å². The second-order valence-corrected chi connectivity index (χ2v) is 7.45. The monoisotopic (exact) mass is 343 g/mol. The van der Waals surface area contributed by atoms with Crippen molar-refractivity contribution in [2.75, 3.05) is 29.9 Å². The minimum absolute atomic E-state index is 0.0133. The fraction of sp³-hybridized carbons (Fsp3) is 0.579. The predicted molar refractivity (Wildman–Crippen MR) is 95.4 cm³/mol. The largest absolute Gasteiger partial charge is 0.393 e. The van der Waals surface area contributed by atoms with Gasteiger partial charge in [0.1, 0.15) is 5.54 Å². The number of hydrogen-bond acceptors (Lipinski definition) is 4. The summed E-state index contributed by atoms with van der Waals surface area (Å²) in [5, 5.41) is 12.7. The Balaban J connectivity index is 1.64. The minimum atomic E-state index is -0.735. The van der Waals surface area contributed by atoms with Crippen LogP contribution in [0.15, 0.2) is 24.3 Å². The van der Waals surface area contributed by atoms with Crippen LogP contribution in [0.3, 0.4) is 0 Å². The average Bonchev–Trinajstić information content (AvgIpc) is 3.08. The second kappa shape index (κ2) is 6.42. The van der Waals surface area contributed by atoms with Gasteiger partial charge in [-0.3, -0.25) is 19.4 Å². The van der Waals surface area contributed by atoms with Gasteiger partial charge < -0.3 is 10.4 Å². The van der Waals surface area contributed by atoms with Crippen molar-refractivity contribution in [2.45, 2.75) is 50.2 Å². The minimum Gasteiger partial charge on any atom is -0.393 e. The molecule has 2 heterocycles. The number of nitrogens with one attached hydrogen (secondary N) is 1. The summed E-state index contributed by atoms with van der Waals surface area (Å²) in [7, 11) is 0. The smallest absolute Gasteiger partial charge is 0.250 e. The lowest BCUT2D eigenvalue weighted by Gasteiger charge is -2.45. The molecule has 0 aromatic heterocycles. The Morgan fingerprint density at radius 1 is 1.20 bits per heavy atom. The maximum Gasteiger partial charge on any atom is 0.250 e. The first-order valence-corrected chi connectivity index (χ1v) is 9.24. The molecule has 25 heavy (non-hydrogen) atoms. The third kappa shape index (κ3) is 2.83. The molecule has 0 unspecified atom stereocenters. The number of fused-ring (bicyclic) bond motifs is 1. The third-order valence-corrected chi connectivity index (χ3v) is 5.84. The van der Waals surface area contributed by atoms with Gasteiger partial charge in [0.15, 0.2) is 0 Å². The number of rotatable bonds is 2. The van der Waals surface area contributed by atoms with Gasteiger partial charge in [-0.15, -0.1) is 0 Å². The summed E-state index contributed by atoms with van der Waals surface area (Å²) in [4.78, 5) is 30.0. The van der Waals surface area contributed by atoms with Crippen molar-refractivity contribution in [2.24, 2.45) is 0 Å². The topological polar surface area (TPSA) is 72.9 Å². The first-order chi connectivity index (χ1) is 12.1. The number of anilines is 2. The number of aliphatic hydroxyl groups excluding tert-OH is 1. The molecule has 2 N–H and O–H groups in total. The molecule has 4 rings (SSSR count). The predicted octanol–water partition coefficient (Wildman–Crippen LogP) is 1.74. The molecule has 1 spiro atoms. The van der Waals surface area contributed by atoms with Gasteiger partial charge in [0.2, 0.25) is 5.91 Å². The summed E-state index contributed by atoms with van der Waals surface area (Å²) >= 11 is 0. The second-order valence-electron chi connectivity index (χ2n) is 7.45. The van der Waals surface area contributed by atoms with Crippen LogP contribution in [0.4, 0.5) is 11.4 Å². The van der Waals surface area contributed by atoms with Crippen LogP contribution in [-0.4, -0.2) is 53.1 Å². The van der Waals surface area contributed by atoms with Gasteiger partial charge in [0.05, 0.1) is 24.0 Å². The summed E-state index contributed by atoms with van der Waals surface area (Å²) in [5.41, 5.74) is 0.791. The molecule has 0 bridgehead atoms. The lowest BCUT2D eigenvalue weighted by Crippen LogP contribution is -2.62. The lowest BCUT2D eigenvalue weighted by atomic mass is 9.89. The zero-order valence-corrected chi connectivity index (χ0v) is 14.4. The number of carbonyl (C=O) groups is 2. The van der Waals surface area contributed by atoms with Gasteiger partial charge in [-0.05, 0) is 37.8 Å². The number of para-hydroxylation sites is 2. The van der Waals surface area contributed by atoms with Crippen LogP contribution in [0.25, 0.3) is 0 Å². The van der Waals surface area contributed by atoms with E-state index in [-0.39, 0.29) is 17.9 Å². The van der Waals surface area contributed by atoms with Gasteiger partial charge in [-0.1, -0.05) is 25.0 Å². The highest BCUT2D eigenvalue weighted by molar-refractivity contribution is 6.15. The van der Waals surface area contributed by atoms with Crippen molar-refractivity contribution in [1.82, 2.24) is 4.90 Å². The normalized spacial score (nSPS) is 23.6. The lowest BCUT2D eigenvalue weighted by molar-refractivity contribution is -0.128. The molecular weight excluding hydrogens is 318 g/mol. The van der Waals surface area contributed by atoms with Crippen molar-refractivity contribution < 1.29 is 14.7 Å². The molecule has 2 fully saturated rings. The number of amides is 2. The van der Waals surface area contributed by atoms with Crippen molar-refractivity contribution in [1.29, 1.82) is 0 Å². The number of likely N-dealkylation sites (tertiary alicyclic amines) is 1. The molecule has 1 aromatic carbocycles. The Morgan fingerprint density at radius 3 is 2.60 bits per heavy atom. The standard InChI is InChI=1S/C19H25N3O3/c23-14-7-11-21(12-8-14)13-17(24)22-16-6-2-1-5-15(16)20-18(25)19(22)9-3-4-10-19/h1-2,5-6,14,23H,3-4,7-13H2,(H,20,25). The highest BCUT2D eigenvalue weighted by Crippen LogP contribution is 2.45. The fourth-order valence-electron chi connectivity index (χ4n) is 4.47. The van der Waals surface area contributed by atoms with Gasteiger partial charge in [0.25, 0.3) is 5.91 Å². The van der Waals surface area contributed by atoms with E-state index < -0.39 is 5.54 Å². The molecule has 1 aliphatic carbocycles. The number of benzene rings is 1. The molecule has 1 saturated carbocycles. The third-order valence-electron chi connectivity index (χ3n) is 5.84. The fourth-order valence-corrected chi connectivity index (χ4v) is 4.47. The molecule has 2 aliphatic heterocycles. The molecule has 6 heteroatoms. The summed E-state index contributed by atoms with van der Waals surface area (Å²) in [6, 6.07) is 7.57. The number of piperidine rings is 1. The number of aliphatic hydroxyl groups is 1. The highest BCUT2D eigenvalue weighted by Gasteiger charge is 2.52. The van der Waals surface area contributed by atoms with Gasteiger partial charge in [-0.2, -0.15) is 0 Å². The number of nitrogens with zero attached hydrogens (tertiary/aromatic N) is 2. The van der Waals surface area contributed by atoms with Crippen molar-refractivity contribution >= 4 is 23.2 Å². The summed E-state index contributed by atoms with van der Waals surface area (Å²) in [5.74, 6) is -0.0632. The Labute approximate surface area is 147 Å². The molecular formula is C19H25N3O3. The zero-order chi connectivity index (χ0) is 17.4. The van der Waals surface area contributed by atoms with Crippen molar-refractivity contribution in [3.05, 3.63) is 24.3 Å². The summed E-state index contributed by atoms with van der Waals surface area (Å²) < 4.78 is 0. The number of hydrogen-bond donors (Lipinski definition) is 2. The van der Waals surface area contributed by atoms with Crippen LogP contribution in [0.5, 0.6) is 0 Å². The first-order valence-electron chi connectivity index (χ1n) is 9.24. The van der Waals surface area contributed by atoms with Crippen LogP contribution in [0.2, 0.25) is 0 Å². The van der Waals surface area contributed by atoms with E-state index in [0.717, 1.165) is 44.5 Å². The molecule has 2 amide bonds. The number of carbonyl (C=O) groups excluding carboxylic acids is 2. The quantitative estimate of drug-likeness (QED) is 0.858. The van der Waals surface area contributed by atoms with E-state index in [1.54, 1.807) is 4.90 Å². The highest BCUT2D eigenvalue weighted by atomic mass is 16.3. The van der Waals surface area contributed by atoms with E-state index in [1.165, 1.54) is 0 Å².